The van der Waals surface area contributed by atoms with Crippen molar-refractivity contribution in [3.8, 4) is 62.1 Å². The van der Waals surface area contributed by atoms with Crippen LogP contribution in [0, 0.1) is 13.2 Å². The van der Waals surface area contributed by atoms with Crippen molar-refractivity contribution >= 4 is 61.7 Å². The van der Waals surface area contributed by atoms with Gasteiger partial charge in [0.05, 0.1) is 65.0 Å². The Morgan fingerprint density at radius 2 is 1.15 bits per heavy atom. The van der Waals surface area contributed by atoms with Crippen molar-refractivity contribution in [2.24, 2.45) is 0 Å². The molecule has 15 rings (SSSR count). The molecule has 14 aromatic rings. The van der Waals surface area contributed by atoms with Crippen LogP contribution in [-0.4, -0.2) is 22.2 Å². The topological polar surface area (TPSA) is 35.9 Å². The maximum atomic E-state index is 11.0. The van der Waals surface area contributed by atoms with Crippen LogP contribution in [0.15, 0.2) is 273 Å². The van der Waals surface area contributed by atoms with Crippen LogP contribution < -0.4 is 30.1 Å². The summed E-state index contributed by atoms with van der Waals surface area (Å²) >= 11 is 0. The number of imidazole rings is 1. The van der Waals surface area contributed by atoms with E-state index in [1.165, 1.54) is 61.7 Å². The van der Waals surface area contributed by atoms with E-state index >= 15 is 0 Å². The fourth-order valence-electron chi connectivity index (χ4n) is 12.3. The van der Waals surface area contributed by atoms with Gasteiger partial charge in [-0.25, -0.2) is 4.98 Å². The lowest BCUT2D eigenvalue weighted by atomic mass is 9.63. The summed E-state index contributed by atoms with van der Waals surface area (Å²) in [4.78, 5) is 4.70. The summed E-state index contributed by atoms with van der Waals surface area (Å²) in [7, 11) is -6.83. The van der Waals surface area contributed by atoms with E-state index in [0.717, 1.165) is 28.5 Å². The SMILES string of the molecule is [2H]c1c([2H])c([2H])c(-c2cnc(-n3c4ccccc4c4ccc(Oc5cccc(-n6[c-][n+](-c7c(-c8c([2H])c([2H])c9c(c8[2H])C(C([2H])([2H])[2H])(C([2H])([2H])[2H])C([2H])([2H])C([2H])([2H])C9(C([2H])([2H])[2H])C([2H])([2H])[2H])cc(C(C)(C)C)cc7[Si](c7c([2H])c([2H])c([2H])c([2H])c7[2H])(c7c([2H])c([2H])c([2H])c([2H])c7[2H])c7c([2H])c([2H])c([2H])c([2H])c7[2H])c7ccc(-c8ccc(C(C)(C)C)cc8)cc76)c5)cc43)cc2C([2H])([2H])[2H])c([2H])c1[2H]. The number of ether oxygens (including phenoxy) is 1. The number of hydrogen-bond acceptors (Lipinski definition) is 2. The first-order chi connectivity index (χ1) is 63.0. The molecule has 95 heavy (non-hydrogen) atoms. The normalized spacial score (nSPS) is 22.0. The maximum Gasteiger partial charge on any atom is 0.269 e. The number of pyridine rings is 1. The lowest BCUT2D eigenvalue weighted by Gasteiger charge is -2.42. The molecule has 1 aliphatic rings. The van der Waals surface area contributed by atoms with Gasteiger partial charge in [-0.1, -0.05) is 281 Å². The van der Waals surface area contributed by atoms with Crippen molar-refractivity contribution in [2.45, 2.75) is 110 Å². The Kier molecular flexibility index (Phi) is 7.41. The Labute approximate surface area is 620 Å². The van der Waals surface area contributed by atoms with Gasteiger partial charge in [0.15, 0.2) is 8.07 Å². The first-order valence-electron chi connectivity index (χ1n) is 51.1. The number of aromatic nitrogens is 4. The number of nitrogens with zero attached hydrogens (tertiary/aromatic N) is 4. The highest BCUT2D eigenvalue weighted by atomic mass is 28.3. The molecule has 0 amide bonds. The molecule has 0 saturated heterocycles. The van der Waals surface area contributed by atoms with Gasteiger partial charge in [0.1, 0.15) is 17.3 Å². The number of hydrogen-bond donors (Lipinski definition) is 0. The molecule has 3 heterocycles. The smallest absolute Gasteiger partial charge is 0.269 e. The molecule has 6 heteroatoms. The molecule has 0 bridgehead atoms. The summed E-state index contributed by atoms with van der Waals surface area (Å²) in [6.07, 6.45) is -5.38. The van der Waals surface area contributed by atoms with E-state index in [0.29, 0.717) is 32.9 Å². The van der Waals surface area contributed by atoms with Crippen molar-refractivity contribution in [1.29, 1.82) is 0 Å². The molecule has 0 fully saturated rings. The quantitative estimate of drug-likeness (QED) is 0.0529. The molecule has 0 atom stereocenters. The summed E-state index contributed by atoms with van der Waals surface area (Å²) in [6.45, 7) is -11.1. The zero-order valence-electron chi connectivity index (χ0n) is 93.9. The molecule has 0 N–H and O–H groups in total. The van der Waals surface area contributed by atoms with E-state index in [9.17, 15) is 42.5 Å². The van der Waals surface area contributed by atoms with Crippen LogP contribution in [0.25, 0.3) is 83.4 Å². The van der Waals surface area contributed by atoms with Gasteiger partial charge < -0.3 is 4.74 Å². The second-order valence-corrected chi connectivity index (χ2v) is 28.7. The van der Waals surface area contributed by atoms with Crippen LogP contribution in [0.4, 0.5) is 0 Å². The average Bonchev–Trinajstić information content (AvgIpc) is 0.839. The number of aryl methyl sites for hydroxylation is 1. The molecular formula is C89H82N4OSi. The van der Waals surface area contributed by atoms with Crippen molar-refractivity contribution < 1.29 is 66.9 Å². The van der Waals surface area contributed by atoms with E-state index in [1.54, 1.807) is 71.3 Å². The highest BCUT2D eigenvalue weighted by Gasteiger charge is 2.45. The van der Waals surface area contributed by atoms with Crippen LogP contribution in [0.2, 0.25) is 0 Å². The Morgan fingerprint density at radius 3 is 1.80 bits per heavy atom. The van der Waals surface area contributed by atoms with Crippen molar-refractivity contribution in [1.82, 2.24) is 14.1 Å². The van der Waals surface area contributed by atoms with Crippen LogP contribution in [-0.2, 0) is 21.7 Å². The number of para-hydroxylation sites is 1. The zero-order chi connectivity index (χ0) is 102. The van der Waals surface area contributed by atoms with Gasteiger partial charge >= 0.3 is 0 Å². The molecule has 3 aromatic heterocycles. The van der Waals surface area contributed by atoms with Crippen molar-refractivity contribution in [3.05, 3.63) is 307 Å². The fourth-order valence-corrected chi connectivity index (χ4v) is 16.4. The molecule has 11 aromatic carbocycles. The minimum Gasteiger partial charge on any atom is -0.458 e. The summed E-state index contributed by atoms with van der Waals surface area (Å²) in [6, 6.07) is 5.24. The van der Waals surface area contributed by atoms with Gasteiger partial charge in [-0.3, -0.25) is 13.7 Å². The van der Waals surface area contributed by atoms with Crippen molar-refractivity contribution in [3.63, 3.8) is 0 Å². The summed E-state index contributed by atoms with van der Waals surface area (Å²) < 4.78 is 411. The van der Waals surface area contributed by atoms with E-state index in [4.69, 9.17) is 24.8 Å². The number of benzene rings is 11. The van der Waals surface area contributed by atoms with Gasteiger partial charge in [0, 0.05) is 54.6 Å². The van der Waals surface area contributed by atoms with Crippen LogP contribution >= 0.6 is 0 Å². The first kappa shape index (κ1) is 30.1. The summed E-state index contributed by atoms with van der Waals surface area (Å²) in [5.41, 5.74) is -17.7. The molecule has 0 unspecified atom stereocenters. The lowest BCUT2D eigenvalue weighted by molar-refractivity contribution is -0.570. The second-order valence-electron chi connectivity index (χ2n) is 25.2. The minimum atomic E-state index is -6.83. The average molecular weight is 1290 g/mol. The maximum absolute atomic E-state index is 11.0. The molecule has 1 aliphatic carbocycles. The molecule has 468 valence electrons. The summed E-state index contributed by atoms with van der Waals surface area (Å²) in [5.74, 6) is 0.0366. The molecule has 0 radical (unpaired) electrons. The second kappa shape index (κ2) is 23.4. The zero-order valence-corrected chi connectivity index (χ0v) is 52.9. The Bertz CT molecular complexity index is 7180. The Morgan fingerprint density at radius 1 is 0.526 bits per heavy atom. The first-order valence-corrected chi connectivity index (χ1v) is 32.1. The van der Waals surface area contributed by atoms with Gasteiger partial charge in [0.2, 0.25) is 0 Å². The number of rotatable bonds is 12. The number of fused-ring (bicyclic) bond motifs is 5. The van der Waals surface area contributed by atoms with E-state index in [-0.39, 0.29) is 45.2 Å². The molecular weight excluding hydrogens is 1170 g/mol. The van der Waals surface area contributed by atoms with Gasteiger partial charge in [-0.15, -0.1) is 0 Å². The molecule has 5 nitrogen and oxygen atoms in total. The highest BCUT2D eigenvalue weighted by Crippen LogP contribution is 2.48. The molecule has 0 aliphatic heterocycles. The third kappa shape index (κ3) is 10.8. The standard InChI is InChI=1S/C89H82N4OSi/c1-60-51-84(90-58-76(60)62-27-16-12-17-28-62)93-79-38-25-24-37-73(79)74-46-45-69(57-81(74)93)94-68-30-26-29-67(56-68)91-59-92(80-48-42-63(53-82(80)91)61-39-43-65(44-40-61)86(2,3)4)85-75(64-41-47-77-78(52-64)89(10,11)50-49-88(77,8)9)54-66(87(5,6)7)55-83(85)95(70-31-18-13-19-32-70,71-33-20-14-21-34-71)72-35-22-15-23-36-72/h12-48,51-58H,49-50H2,1-11H3/i1D3,8D3,9D3,10D3,11D3,12D,13D,14D,15D,16D,17D,18D,19D,20D,21D,22D,23D,27D,28D,31D,32D,33D,34D,35D,36D,41D,47D,49D2,50D2,52D. The van der Waals surface area contributed by atoms with Gasteiger partial charge in [0.25, 0.3) is 6.33 Å². The van der Waals surface area contributed by atoms with Gasteiger partial charge in [-0.2, -0.15) is 0 Å². The third-order valence-corrected chi connectivity index (χ3v) is 21.3. The molecule has 0 saturated carbocycles. The lowest BCUT2D eigenvalue weighted by Crippen LogP contribution is -2.76. The van der Waals surface area contributed by atoms with Crippen molar-refractivity contribution in [2.75, 3.05) is 0 Å². The van der Waals surface area contributed by atoms with Crippen LogP contribution in [0.1, 0.15) is 167 Å². The molecule has 0 spiro atoms. The largest absolute Gasteiger partial charge is 0.458 e. The van der Waals surface area contributed by atoms with Crippen LogP contribution in [0.3, 0.4) is 0 Å². The van der Waals surface area contributed by atoms with Gasteiger partial charge in [-0.05, 0) is 166 Å². The predicted molar refractivity (Wildman–Crippen MR) is 400 cm³/mol. The monoisotopic (exact) mass is 1290 g/mol. The van der Waals surface area contributed by atoms with Crippen LogP contribution in [0.5, 0.6) is 11.5 Å². The minimum absolute atomic E-state index is 0.00828. The predicted octanol–water partition coefficient (Wildman–Crippen LogP) is 19.6. The third-order valence-electron chi connectivity index (χ3n) is 17.1. The van der Waals surface area contributed by atoms with E-state index < -0.39 is 276 Å². The van der Waals surface area contributed by atoms with E-state index in [1.807, 2.05) is 32.9 Å². The fraction of sp³-hybridized carbons (Fsp3) is 0.191. The Balaban J connectivity index is 1.16. The Hall–Kier alpha value is -10.1. The van der Waals surface area contributed by atoms with E-state index in [2.05, 4.69) is 6.33 Å². The highest BCUT2D eigenvalue weighted by molar-refractivity contribution is 7.20. The summed E-state index contributed by atoms with van der Waals surface area (Å²) in [5, 5.41) is -3.15.